The Morgan fingerprint density at radius 1 is 1.04 bits per heavy atom. The van der Waals surface area contributed by atoms with Crippen LogP contribution in [0.25, 0.3) is 10.2 Å². The average Bonchev–Trinajstić information content (AvgIpc) is 2.98. The summed E-state index contributed by atoms with van der Waals surface area (Å²) in [5, 5.41) is 0.607. The Balaban J connectivity index is 1.96. The number of alkyl halides is 9. The van der Waals surface area contributed by atoms with E-state index in [0.29, 0.717) is 16.0 Å². The molecule has 0 unspecified atom stereocenters. The van der Waals surface area contributed by atoms with Crippen molar-refractivity contribution in [3.05, 3.63) is 24.3 Å². The molecule has 14 heteroatoms. The van der Waals surface area contributed by atoms with E-state index in [2.05, 4.69) is 9.72 Å². The number of hydrogen-bond donors (Lipinski definition) is 1. The monoisotopic (exact) mass is 424 g/mol. The van der Waals surface area contributed by atoms with Crippen molar-refractivity contribution >= 4 is 32.6 Å². The average molecular weight is 424 g/mol. The van der Waals surface area contributed by atoms with E-state index in [-0.39, 0.29) is 5.52 Å². The summed E-state index contributed by atoms with van der Waals surface area (Å²) < 4.78 is 123. The molecule has 1 aliphatic rings. The Labute approximate surface area is 146 Å². The number of nitrogens with one attached hydrogen (secondary N) is 1. The zero-order valence-electron chi connectivity index (χ0n) is 12.4. The quantitative estimate of drug-likeness (QED) is 0.742. The van der Waals surface area contributed by atoms with E-state index in [1.165, 1.54) is 29.6 Å². The van der Waals surface area contributed by atoms with Crippen molar-refractivity contribution in [1.82, 2.24) is 4.98 Å². The summed E-state index contributed by atoms with van der Waals surface area (Å²) in [5.74, 6) is -28.7. The minimum Gasteiger partial charge on any atom is -0.296 e. The third kappa shape index (κ3) is 2.42. The van der Waals surface area contributed by atoms with Gasteiger partial charge in [-0.1, -0.05) is 23.5 Å². The van der Waals surface area contributed by atoms with E-state index in [4.69, 9.17) is 0 Å². The van der Waals surface area contributed by atoms with Gasteiger partial charge in [-0.05, 0) is 12.1 Å². The van der Waals surface area contributed by atoms with Crippen molar-refractivity contribution in [3.8, 4) is 0 Å². The van der Waals surface area contributed by atoms with Crippen LogP contribution in [-0.4, -0.2) is 40.6 Å². The number of thiazole rings is 1. The first kappa shape index (κ1) is 19.7. The van der Waals surface area contributed by atoms with Crippen LogP contribution in [0.15, 0.2) is 24.3 Å². The van der Waals surface area contributed by atoms with E-state index >= 15 is 0 Å². The highest BCUT2D eigenvalue weighted by molar-refractivity contribution is 7.22. The molecule has 1 N–H and O–H groups in total. The van der Waals surface area contributed by atoms with Crippen LogP contribution < -0.4 is 5.32 Å². The molecule has 1 saturated heterocycles. The molecule has 0 spiro atoms. The smallest absolute Gasteiger partial charge is 0.296 e. The van der Waals surface area contributed by atoms with Crippen LogP contribution in [-0.2, 0) is 9.53 Å². The number of hydrogen-bond acceptors (Lipinski definition) is 4. The summed E-state index contributed by atoms with van der Waals surface area (Å²) in [5.41, 5.74) is 0.177. The first-order valence-corrected chi connectivity index (χ1v) is 7.56. The van der Waals surface area contributed by atoms with E-state index in [0.717, 1.165) is 0 Å². The van der Waals surface area contributed by atoms with Gasteiger partial charge in [-0.15, -0.1) is 0 Å². The molecule has 1 aromatic carbocycles. The molecule has 0 bridgehead atoms. The predicted molar refractivity (Wildman–Crippen MR) is 73.0 cm³/mol. The van der Waals surface area contributed by atoms with Gasteiger partial charge in [-0.25, -0.2) is 4.98 Å². The van der Waals surface area contributed by atoms with Crippen molar-refractivity contribution in [2.75, 3.05) is 5.32 Å². The van der Waals surface area contributed by atoms with Crippen molar-refractivity contribution in [2.24, 2.45) is 0 Å². The van der Waals surface area contributed by atoms with Gasteiger partial charge >= 0.3 is 35.6 Å². The maximum absolute atomic E-state index is 14.1. The van der Waals surface area contributed by atoms with Crippen LogP contribution in [0, 0.1) is 0 Å². The summed E-state index contributed by atoms with van der Waals surface area (Å²) in [6, 6.07) is 5.81. The summed E-state index contributed by atoms with van der Waals surface area (Å²) in [6.45, 7) is 0. The summed E-state index contributed by atoms with van der Waals surface area (Å²) in [7, 11) is 0. The number of aromatic nitrogens is 1. The lowest BCUT2D eigenvalue weighted by atomic mass is 9.99. The number of ether oxygens (including phenoxy) is 1. The fraction of sp³-hybridized carbons (Fsp3) is 0.385. The molecule has 1 atom stereocenters. The van der Waals surface area contributed by atoms with Crippen LogP contribution in [0.1, 0.15) is 0 Å². The van der Waals surface area contributed by atoms with Gasteiger partial charge in [0.2, 0.25) is 0 Å². The Hall–Kier alpha value is -2.09. The Bertz CT molecular complexity index is 883. The molecule has 27 heavy (non-hydrogen) atoms. The fourth-order valence-electron chi connectivity index (χ4n) is 2.20. The fourth-order valence-corrected chi connectivity index (χ4v) is 3.06. The second-order valence-electron chi connectivity index (χ2n) is 5.38. The number of benzene rings is 1. The predicted octanol–water partition coefficient (Wildman–Crippen LogP) is 4.43. The summed E-state index contributed by atoms with van der Waals surface area (Å²) in [4.78, 5) is 15.2. The highest BCUT2D eigenvalue weighted by atomic mass is 32.1. The second kappa shape index (κ2) is 5.47. The number of nitrogens with zero attached hydrogens (tertiary/aromatic N) is 1. The van der Waals surface area contributed by atoms with Crippen LogP contribution in [0.3, 0.4) is 0 Å². The number of amides is 1. The van der Waals surface area contributed by atoms with E-state index in [9.17, 15) is 44.3 Å². The van der Waals surface area contributed by atoms with Crippen LogP contribution in [0.2, 0.25) is 0 Å². The van der Waals surface area contributed by atoms with Gasteiger partial charge in [0.25, 0.3) is 0 Å². The zero-order valence-corrected chi connectivity index (χ0v) is 13.2. The number of fused-ring (bicyclic) bond motifs is 1. The molecule has 148 valence electrons. The molecular formula is C13H5F9N2O2S. The molecule has 1 aliphatic heterocycles. The summed E-state index contributed by atoms with van der Waals surface area (Å²) >= 11 is 0.559. The maximum Gasteiger partial charge on any atom is 0.428 e. The maximum atomic E-state index is 14.1. The highest BCUT2D eigenvalue weighted by Gasteiger charge is 2.96. The van der Waals surface area contributed by atoms with Gasteiger partial charge in [0.15, 0.2) is 5.13 Å². The second-order valence-corrected chi connectivity index (χ2v) is 6.41. The topological polar surface area (TPSA) is 51.2 Å². The number of rotatable bonds is 3. The lowest BCUT2D eigenvalue weighted by Crippen LogP contribution is -2.63. The zero-order chi connectivity index (χ0) is 20.5. The van der Waals surface area contributed by atoms with Crippen molar-refractivity contribution in [1.29, 1.82) is 0 Å². The number of anilines is 1. The number of halogens is 9. The molecule has 0 saturated carbocycles. The van der Waals surface area contributed by atoms with Gasteiger partial charge in [-0.2, -0.15) is 39.5 Å². The Morgan fingerprint density at radius 2 is 1.63 bits per heavy atom. The molecule has 0 radical (unpaired) electrons. The van der Waals surface area contributed by atoms with Crippen molar-refractivity contribution < 1.29 is 49.0 Å². The SMILES string of the molecule is O=C(Nc1nc2ccccc2s1)C(F)(F)[C@@]1(F)OC(F)(F)C(F)(F)C1(F)F. The van der Waals surface area contributed by atoms with E-state index < -0.39 is 40.8 Å². The third-order valence-electron chi connectivity index (χ3n) is 3.64. The third-order valence-corrected chi connectivity index (χ3v) is 4.59. The lowest BCUT2D eigenvalue weighted by molar-refractivity contribution is -0.366. The first-order valence-electron chi connectivity index (χ1n) is 6.75. The van der Waals surface area contributed by atoms with Gasteiger partial charge in [-0.3, -0.25) is 14.8 Å². The molecule has 0 aliphatic carbocycles. The largest absolute Gasteiger partial charge is 0.428 e. The molecular weight excluding hydrogens is 419 g/mol. The van der Waals surface area contributed by atoms with Crippen LogP contribution in [0.5, 0.6) is 0 Å². The van der Waals surface area contributed by atoms with Crippen molar-refractivity contribution in [3.63, 3.8) is 0 Å². The van der Waals surface area contributed by atoms with Crippen LogP contribution in [0.4, 0.5) is 44.6 Å². The van der Waals surface area contributed by atoms with Crippen molar-refractivity contribution in [2.45, 2.75) is 29.7 Å². The Kier molecular flexibility index (Phi) is 3.98. The molecule has 2 aromatic rings. The first-order chi connectivity index (χ1) is 12.2. The normalized spacial score (nSPS) is 26.3. The van der Waals surface area contributed by atoms with Gasteiger partial charge in [0, 0.05) is 0 Å². The molecule has 1 amide bonds. The Morgan fingerprint density at radius 3 is 2.15 bits per heavy atom. The van der Waals surface area contributed by atoms with E-state index in [1.54, 1.807) is 0 Å². The van der Waals surface area contributed by atoms with Gasteiger partial charge < -0.3 is 0 Å². The highest BCUT2D eigenvalue weighted by Crippen LogP contribution is 2.64. The van der Waals surface area contributed by atoms with Gasteiger partial charge in [0.1, 0.15) is 0 Å². The molecule has 3 rings (SSSR count). The minimum atomic E-state index is -6.72. The molecule has 1 fully saturated rings. The van der Waals surface area contributed by atoms with Gasteiger partial charge in [0.05, 0.1) is 10.2 Å². The minimum absolute atomic E-state index is 0.177. The number of carbonyl (C=O) groups is 1. The van der Waals surface area contributed by atoms with E-state index in [1.807, 2.05) is 0 Å². The van der Waals surface area contributed by atoms with Crippen LogP contribution >= 0.6 is 11.3 Å². The molecule has 1 aromatic heterocycles. The lowest BCUT2D eigenvalue weighted by Gasteiger charge is -2.31. The standard InChI is InChI=1S/C13H5F9N2O2S/c14-9(15,12(20)10(16,17)11(18,19)13(21,22)26-12)7(25)24-8-23-5-3-1-2-4-6(5)27-8/h1-4H,(H,23,24,25)/t12-/m1/s1. The number of carbonyl (C=O) groups excluding carboxylic acids is 1. The molecule has 2 heterocycles. The summed E-state index contributed by atoms with van der Waals surface area (Å²) in [6.07, 6.45) is -6.29. The molecule has 4 nitrogen and oxygen atoms in total. The number of para-hydroxylation sites is 1.